The first-order chi connectivity index (χ1) is 9.27. The number of aryl methyl sites for hydroxylation is 1. The zero-order valence-corrected chi connectivity index (χ0v) is 12.1. The summed E-state index contributed by atoms with van der Waals surface area (Å²) in [6, 6.07) is 0.877. The highest BCUT2D eigenvalue weighted by Crippen LogP contribution is 2.30. The van der Waals surface area contributed by atoms with Crippen LogP contribution in [-0.4, -0.2) is 22.0 Å². The Kier molecular flexibility index (Phi) is 4.14. The minimum Gasteiger partial charge on any atom is -0.354 e. The molecule has 0 saturated heterocycles. The molecule has 0 fully saturated rings. The lowest BCUT2D eigenvalue weighted by molar-refractivity contribution is -0.141. The molecular weight excluding hydrogens is 313 g/mol. The van der Waals surface area contributed by atoms with E-state index < -0.39 is 17.2 Å². The number of aromatic nitrogens is 3. The lowest BCUT2D eigenvalue weighted by Gasteiger charge is -2.18. The predicted molar refractivity (Wildman–Crippen MR) is 71.0 cm³/mol. The molecule has 2 rings (SSSR count). The van der Waals surface area contributed by atoms with Crippen LogP contribution in [0.2, 0.25) is 5.28 Å². The fourth-order valence-electron chi connectivity index (χ4n) is 1.52. The van der Waals surface area contributed by atoms with Gasteiger partial charge in [-0.05, 0) is 18.5 Å². The van der Waals surface area contributed by atoms with Crippen molar-refractivity contribution in [1.82, 2.24) is 15.0 Å². The topological polar surface area (TPSA) is 41.9 Å². The number of rotatable bonds is 3. The Hall–Kier alpha value is -1.41. The van der Waals surface area contributed by atoms with E-state index in [9.17, 15) is 13.2 Å². The van der Waals surface area contributed by atoms with Crippen molar-refractivity contribution in [2.45, 2.75) is 19.6 Å². The summed E-state index contributed by atoms with van der Waals surface area (Å²) in [7, 11) is 1.64. The maximum absolute atomic E-state index is 12.7. The van der Waals surface area contributed by atoms with Gasteiger partial charge in [-0.1, -0.05) is 0 Å². The molecule has 20 heavy (non-hydrogen) atoms. The van der Waals surface area contributed by atoms with Crippen LogP contribution in [0.5, 0.6) is 0 Å². The van der Waals surface area contributed by atoms with Crippen molar-refractivity contribution >= 4 is 28.8 Å². The largest absolute Gasteiger partial charge is 0.433 e. The van der Waals surface area contributed by atoms with Crippen LogP contribution in [0.25, 0.3) is 0 Å². The molecule has 0 aliphatic rings. The van der Waals surface area contributed by atoms with Gasteiger partial charge in [-0.2, -0.15) is 13.2 Å². The first kappa shape index (κ1) is 15.0. The molecule has 4 nitrogen and oxygen atoms in total. The van der Waals surface area contributed by atoms with E-state index in [1.54, 1.807) is 17.5 Å². The maximum atomic E-state index is 12.7. The number of alkyl halides is 3. The average Bonchev–Trinajstić information content (AvgIpc) is 2.73. The number of hydrogen-bond acceptors (Lipinski definition) is 5. The molecule has 0 saturated carbocycles. The number of anilines is 1. The van der Waals surface area contributed by atoms with E-state index in [0.717, 1.165) is 16.6 Å². The highest BCUT2D eigenvalue weighted by molar-refractivity contribution is 7.09. The van der Waals surface area contributed by atoms with Crippen molar-refractivity contribution < 1.29 is 13.2 Å². The van der Waals surface area contributed by atoms with Crippen LogP contribution in [0.1, 0.15) is 16.3 Å². The molecule has 2 heterocycles. The number of hydrogen-bond donors (Lipinski definition) is 0. The van der Waals surface area contributed by atoms with E-state index in [4.69, 9.17) is 11.6 Å². The van der Waals surface area contributed by atoms with Crippen LogP contribution >= 0.6 is 22.9 Å². The van der Waals surface area contributed by atoms with Crippen LogP contribution in [0.4, 0.5) is 19.0 Å². The summed E-state index contributed by atoms with van der Waals surface area (Å²) in [5.41, 5.74) is 1.48. The summed E-state index contributed by atoms with van der Waals surface area (Å²) in [6.45, 7) is 2.24. The van der Waals surface area contributed by atoms with Gasteiger partial charge in [0.15, 0.2) is 5.69 Å². The molecule has 0 radical (unpaired) electrons. The minimum atomic E-state index is -4.55. The van der Waals surface area contributed by atoms with E-state index in [1.807, 2.05) is 6.92 Å². The summed E-state index contributed by atoms with van der Waals surface area (Å²) < 4.78 is 38.0. The second-order valence-electron chi connectivity index (χ2n) is 4.10. The normalized spacial score (nSPS) is 11.7. The van der Waals surface area contributed by atoms with Gasteiger partial charge in [-0.15, -0.1) is 11.3 Å². The van der Waals surface area contributed by atoms with Gasteiger partial charge >= 0.3 is 6.18 Å². The molecule has 0 amide bonds. The molecular formula is C11H10ClF3N4S. The standard InChI is InChI=1S/C11H10ClF3N4S/c1-6-7(20-5-16-6)4-19(2)9-3-8(11(13,14)15)17-10(12)18-9/h3,5H,4H2,1-2H3. The fourth-order valence-corrected chi connectivity index (χ4v) is 2.53. The van der Waals surface area contributed by atoms with Gasteiger partial charge in [0, 0.05) is 18.0 Å². The molecule has 0 N–H and O–H groups in total. The first-order valence-corrected chi connectivity index (χ1v) is 6.75. The molecule has 2 aromatic rings. The van der Waals surface area contributed by atoms with Crippen molar-refractivity contribution in [2.75, 3.05) is 11.9 Å². The van der Waals surface area contributed by atoms with Gasteiger partial charge in [-0.25, -0.2) is 15.0 Å². The summed E-state index contributed by atoms with van der Waals surface area (Å²) >= 11 is 6.99. The monoisotopic (exact) mass is 322 g/mol. The van der Waals surface area contributed by atoms with E-state index in [1.165, 1.54) is 11.3 Å². The van der Waals surface area contributed by atoms with E-state index in [0.29, 0.717) is 6.54 Å². The molecule has 108 valence electrons. The molecule has 0 atom stereocenters. The van der Waals surface area contributed by atoms with Crippen molar-refractivity contribution in [3.05, 3.63) is 33.1 Å². The Bertz CT molecular complexity index is 614. The van der Waals surface area contributed by atoms with Crippen molar-refractivity contribution in [1.29, 1.82) is 0 Å². The number of thiazole rings is 1. The Balaban J connectivity index is 2.28. The summed E-state index contributed by atoms with van der Waals surface area (Å²) in [6.07, 6.45) is -4.55. The molecule has 0 spiro atoms. The fraction of sp³-hybridized carbons (Fsp3) is 0.364. The smallest absolute Gasteiger partial charge is 0.354 e. The third-order valence-corrected chi connectivity index (χ3v) is 3.68. The van der Waals surface area contributed by atoms with Crippen LogP contribution < -0.4 is 4.90 Å². The number of halogens is 4. The van der Waals surface area contributed by atoms with Crippen LogP contribution in [0, 0.1) is 6.92 Å². The predicted octanol–water partition coefficient (Wildman–Crippen LogP) is 3.55. The number of nitrogens with zero attached hydrogens (tertiary/aromatic N) is 4. The van der Waals surface area contributed by atoms with Crippen LogP contribution in [0.3, 0.4) is 0 Å². The first-order valence-electron chi connectivity index (χ1n) is 5.49. The van der Waals surface area contributed by atoms with Crippen LogP contribution in [0.15, 0.2) is 11.6 Å². The molecule has 0 aliphatic carbocycles. The summed E-state index contributed by atoms with van der Waals surface area (Å²) in [5, 5.41) is -0.428. The Labute approximate surface area is 122 Å². The quantitative estimate of drug-likeness (QED) is 0.810. The summed E-state index contributed by atoms with van der Waals surface area (Å²) in [5.74, 6) is 0.116. The van der Waals surface area contributed by atoms with Crippen molar-refractivity contribution in [3.8, 4) is 0 Å². The van der Waals surface area contributed by atoms with Gasteiger partial charge < -0.3 is 4.90 Å². The van der Waals surface area contributed by atoms with E-state index in [2.05, 4.69) is 15.0 Å². The Morgan fingerprint density at radius 3 is 2.60 bits per heavy atom. The van der Waals surface area contributed by atoms with Crippen molar-refractivity contribution in [2.24, 2.45) is 0 Å². The Morgan fingerprint density at radius 2 is 2.05 bits per heavy atom. The SMILES string of the molecule is Cc1ncsc1CN(C)c1cc(C(F)(F)F)nc(Cl)n1. The van der Waals surface area contributed by atoms with Gasteiger partial charge in [0.25, 0.3) is 0 Å². The Morgan fingerprint density at radius 1 is 1.35 bits per heavy atom. The lowest BCUT2D eigenvalue weighted by Crippen LogP contribution is -2.19. The second-order valence-corrected chi connectivity index (χ2v) is 5.37. The molecule has 0 bridgehead atoms. The van der Waals surface area contributed by atoms with Gasteiger partial charge in [0.1, 0.15) is 5.82 Å². The zero-order chi connectivity index (χ0) is 14.9. The van der Waals surface area contributed by atoms with E-state index in [-0.39, 0.29) is 5.82 Å². The van der Waals surface area contributed by atoms with Gasteiger partial charge in [0.05, 0.1) is 17.7 Å². The molecule has 0 aromatic carbocycles. The van der Waals surface area contributed by atoms with Crippen molar-refractivity contribution in [3.63, 3.8) is 0 Å². The second kappa shape index (κ2) is 5.53. The van der Waals surface area contributed by atoms with Gasteiger partial charge in [0.2, 0.25) is 5.28 Å². The molecule has 0 unspecified atom stereocenters. The van der Waals surface area contributed by atoms with E-state index >= 15 is 0 Å². The molecule has 9 heteroatoms. The summed E-state index contributed by atoms with van der Waals surface area (Å²) in [4.78, 5) is 13.6. The maximum Gasteiger partial charge on any atom is 0.433 e. The molecule has 2 aromatic heterocycles. The van der Waals surface area contributed by atoms with Gasteiger partial charge in [-0.3, -0.25) is 0 Å². The lowest BCUT2D eigenvalue weighted by atomic mass is 10.3. The third kappa shape index (κ3) is 3.37. The molecule has 0 aliphatic heterocycles. The zero-order valence-electron chi connectivity index (χ0n) is 10.6. The average molecular weight is 323 g/mol. The van der Waals surface area contributed by atoms with Crippen LogP contribution in [-0.2, 0) is 12.7 Å². The third-order valence-electron chi connectivity index (χ3n) is 2.59. The minimum absolute atomic E-state index is 0.116. The highest BCUT2D eigenvalue weighted by atomic mass is 35.5. The highest BCUT2D eigenvalue weighted by Gasteiger charge is 2.34.